The fraction of sp³-hybridized carbons (Fsp3) is 0.422. The van der Waals surface area contributed by atoms with E-state index in [4.69, 9.17) is 38.4 Å². The molecule has 85 heavy (non-hydrogen) atoms. The van der Waals surface area contributed by atoms with Crippen molar-refractivity contribution in [2.45, 2.75) is 111 Å². The van der Waals surface area contributed by atoms with Crippen LogP contribution in [0.15, 0.2) is 128 Å². The van der Waals surface area contributed by atoms with E-state index in [1.54, 1.807) is 73.7 Å². The number of aliphatic imine (C=N–C) groups is 1. The van der Waals surface area contributed by atoms with Crippen LogP contribution in [0, 0.1) is 35.5 Å². The summed E-state index contributed by atoms with van der Waals surface area (Å²) in [6.45, 7) is 27.6. The summed E-state index contributed by atoms with van der Waals surface area (Å²) in [4.78, 5) is 120. The van der Waals surface area contributed by atoms with E-state index >= 15 is 9.59 Å². The van der Waals surface area contributed by atoms with Crippen molar-refractivity contribution in [3.05, 3.63) is 139 Å². The van der Waals surface area contributed by atoms with Crippen molar-refractivity contribution in [2.24, 2.45) is 40.5 Å². The number of carbonyl (C=O) groups excluding carboxylic acids is 8. The number of esters is 5. The standard InChI is InChI=1S/C64H78N6O14.Zn/c1-13-49(72)80-32-64(33-81-50(73)14-2,34-82-51(74)15-3)69-43(11)60(75)67-58-54(62(77)83-56-39(7)27-37(5)28-40(56)8)52(45-23-19-17-20-24-45)47(65-58)31-48-53(46-25-21-18-22-26-46)55(63(78)84-57-41(9)29-38(6)30-42(57)10)59(66-48)68-61(76)44(12)70(16-4)35-79-36-71;/h13-26,31,36-44,56-57,69H,1-4,27-30,32-35H2,5-12H3,(H3,65,66,67,68,75,76,77,78);/p-1. The van der Waals surface area contributed by atoms with Gasteiger partial charge in [0.2, 0.25) is 5.91 Å². The van der Waals surface area contributed by atoms with Crippen LogP contribution in [0.5, 0.6) is 0 Å². The van der Waals surface area contributed by atoms with Gasteiger partial charge in [0.25, 0.3) is 6.47 Å². The largest absolute Gasteiger partial charge is 0.460 e. The van der Waals surface area contributed by atoms with Crippen LogP contribution in [0.3, 0.4) is 0 Å². The minimum absolute atomic E-state index is 0. The molecule has 0 radical (unpaired) electrons. The fourth-order valence-electron chi connectivity index (χ4n) is 11.5. The molecule has 2 saturated carbocycles. The number of allylic oxidation sites excluding steroid dienone is 1. The molecule has 6 atom stereocenters. The van der Waals surface area contributed by atoms with Crippen LogP contribution in [0.2, 0.25) is 0 Å². The molecule has 3 aliphatic rings. The Labute approximate surface area is 509 Å². The number of anilines is 1. The van der Waals surface area contributed by atoms with E-state index in [9.17, 15) is 28.8 Å². The summed E-state index contributed by atoms with van der Waals surface area (Å²) in [7, 11) is 0. The zero-order valence-electron chi connectivity index (χ0n) is 49.8. The maximum atomic E-state index is 15.3. The quantitative estimate of drug-likeness (QED) is 0.0171. The molecule has 21 heteroatoms. The van der Waals surface area contributed by atoms with E-state index in [1.807, 2.05) is 27.7 Å². The molecule has 450 valence electrons. The number of carbonyl (C=O) groups is 8. The van der Waals surface area contributed by atoms with E-state index in [2.05, 4.69) is 56.1 Å². The van der Waals surface area contributed by atoms with Crippen LogP contribution in [0.4, 0.5) is 5.82 Å². The Morgan fingerprint density at radius 2 is 1.15 bits per heavy atom. The van der Waals surface area contributed by atoms with Gasteiger partial charge in [0.05, 0.1) is 23.3 Å². The fourth-order valence-corrected chi connectivity index (χ4v) is 11.5. The summed E-state index contributed by atoms with van der Waals surface area (Å²) in [6.07, 6.45) is 7.74. The predicted molar refractivity (Wildman–Crippen MR) is 316 cm³/mol. The molecule has 2 fully saturated rings. The Hall–Kier alpha value is -8.03. The van der Waals surface area contributed by atoms with Gasteiger partial charge in [-0.2, -0.15) is 0 Å². The summed E-state index contributed by atoms with van der Waals surface area (Å²) in [6, 6.07) is 15.3. The number of aromatic nitrogens is 1. The van der Waals surface area contributed by atoms with Gasteiger partial charge in [-0.15, -0.1) is 0 Å². The van der Waals surface area contributed by atoms with Crippen LogP contribution in [-0.2, 0) is 81.5 Å². The summed E-state index contributed by atoms with van der Waals surface area (Å²) in [5.74, 6) is -5.45. The minimum Gasteiger partial charge on any atom is -0.460 e. The van der Waals surface area contributed by atoms with Gasteiger partial charge in [-0.25, -0.2) is 29.0 Å². The number of nitrogens with zero attached hydrogens (tertiary/aromatic N) is 3. The average Bonchev–Trinajstić information content (AvgIpc) is 3.53. The third-order valence-corrected chi connectivity index (χ3v) is 15.4. The molecule has 0 saturated heterocycles. The monoisotopic (exact) mass is 1220 g/mol. The zero-order chi connectivity index (χ0) is 61.4. The third-order valence-electron chi connectivity index (χ3n) is 15.4. The Bertz CT molecular complexity index is 2980. The first-order valence-corrected chi connectivity index (χ1v) is 28.1. The predicted octanol–water partition coefficient (Wildman–Crippen LogP) is 8.28. The molecule has 1 aromatic heterocycles. The summed E-state index contributed by atoms with van der Waals surface area (Å²) < 4.78 is 34.1. The topological polar surface area (TPSA) is 258 Å². The van der Waals surface area contributed by atoms with Gasteiger partial charge in [-0.1, -0.05) is 129 Å². The van der Waals surface area contributed by atoms with E-state index in [0.717, 1.165) is 43.9 Å². The first kappa shape index (κ1) is 67.8. The maximum Gasteiger partial charge on any atom is 0.342 e. The SMILES string of the molecule is C=CC(=O)OCC(COC(=O)C=C)(COC(=O)C=C)NC(C)C(=O)NC1=N/C(=C\c2[n-]c(NC(=O)C(C)N(C=C)COC=O)c(C(=O)OC3C(C)CC(C)CC3C)c2-c2ccccc2)C(c2ccccc2)=C1C(=O)OC1C(C)CC(C)CC1C.[Zn]. The van der Waals surface area contributed by atoms with Crippen molar-refractivity contribution in [1.29, 1.82) is 0 Å². The molecule has 2 amide bonds. The van der Waals surface area contributed by atoms with Crippen LogP contribution >= 0.6 is 0 Å². The van der Waals surface area contributed by atoms with Gasteiger partial charge >= 0.3 is 29.8 Å². The molecule has 0 spiro atoms. The number of hydrogen-bond donors (Lipinski definition) is 3. The molecule has 3 aromatic rings. The molecule has 0 bridgehead atoms. The van der Waals surface area contributed by atoms with Gasteiger partial charge < -0.3 is 48.9 Å². The summed E-state index contributed by atoms with van der Waals surface area (Å²) in [5, 5.41) is 8.71. The average molecular weight is 1220 g/mol. The second kappa shape index (κ2) is 31.2. The van der Waals surface area contributed by atoms with Crippen molar-refractivity contribution < 1.29 is 86.3 Å². The van der Waals surface area contributed by atoms with Crippen molar-refractivity contribution in [3.8, 4) is 11.1 Å². The number of ether oxygens (including phenoxy) is 6. The summed E-state index contributed by atoms with van der Waals surface area (Å²) in [5.41, 5.74) is -0.394. The van der Waals surface area contributed by atoms with Gasteiger partial charge in [0, 0.05) is 43.3 Å². The van der Waals surface area contributed by atoms with E-state index < -0.39 is 91.3 Å². The molecule has 2 aromatic carbocycles. The maximum absolute atomic E-state index is 15.3. The second-order valence-electron chi connectivity index (χ2n) is 22.2. The van der Waals surface area contributed by atoms with Crippen LogP contribution in [0.25, 0.3) is 22.8 Å². The van der Waals surface area contributed by atoms with Gasteiger partial charge in [-0.05, 0) is 116 Å². The van der Waals surface area contributed by atoms with Crippen LogP contribution in [0.1, 0.15) is 103 Å². The van der Waals surface area contributed by atoms with Gasteiger partial charge in [0.15, 0.2) is 12.6 Å². The van der Waals surface area contributed by atoms with Crippen LogP contribution in [-0.4, -0.2) is 115 Å². The van der Waals surface area contributed by atoms with Crippen molar-refractivity contribution in [1.82, 2.24) is 20.5 Å². The van der Waals surface area contributed by atoms with E-state index in [-0.39, 0.29) is 102 Å². The van der Waals surface area contributed by atoms with E-state index in [0.29, 0.717) is 23.0 Å². The first-order chi connectivity index (χ1) is 40.1. The van der Waals surface area contributed by atoms with Gasteiger partial charge in [0.1, 0.15) is 49.0 Å². The summed E-state index contributed by atoms with van der Waals surface area (Å²) >= 11 is 0. The molecular formula is C64H77N6O14Zn-. The zero-order valence-corrected chi connectivity index (χ0v) is 52.7. The van der Waals surface area contributed by atoms with Crippen molar-refractivity contribution in [3.63, 3.8) is 0 Å². The van der Waals surface area contributed by atoms with Crippen molar-refractivity contribution >= 4 is 71.4 Å². The van der Waals surface area contributed by atoms with Crippen molar-refractivity contribution in [2.75, 3.05) is 31.9 Å². The molecule has 1 aliphatic heterocycles. The molecule has 3 N–H and O–H groups in total. The molecular weight excluding hydrogens is 1140 g/mol. The third kappa shape index (κ3) is 17.3. The molecule has 2 aliphatic carbocycles. The number of amidine groups is 1. The second-order valence-corrected chi connectivity index (χ2v) is 22.2. The smallest absolute Gasteiger partial charge is 0.342 e. The Morgan fingerprint density at radius 3 is 1.61 bits per heavy atom. The first-order valence-electron chi connectivity index (χ1n) is 28.1. The minimum atomic E-state index is -1.79. The Morgan fingerprint density at radius 1 is 0.682 bits per heavy atom. The van der Waals surface area contributed by atoms with Gasteiger partial charge in [-0.3, -0.25) is 19.7 Å². The Kier molecular flexibility index (Phi) is 24.9. The number of nitrogens with one attached hydrogen (secondary N) is 3. The number of benzene rings is 2. The van der Waals surface area contributed by atoms with Crippen LogP contribution < -0.4 is 20.9 Å². The van der Waals surface area contributed by atoms with E-state index in [1.165, 1.54) is 18.0 Å². The molecule has 2 heterocycles. The normalized spacial score (nSPS) is 22.1. The number of amides is 2. The number of hydrogen-bond acceptors (Lipinski definition) is 17. The molecule has 20 nitrogen and oxygen atoms in total. The number of rotatable bonds is 26. The molecule has 6 rings (SSSR count). The molecule has 6 unspecified atom stereocenters. The Balaban J connectivity index is 0.0000132.